The number of carbonyl (C=O) groups excluding carboxylic acids is 1. The molecule has 0 amide bonds. The largest absolute Gasteiger partial charge is 0.462 e. The average Bonchev–Trinajstić information content (AvgIpc) is 2.42. The Morgan fingerprint density at radius 2 is 2.00 bits per heavy atom. The summed E-state index contributed by atoms with van der Waals surface area (Å²) in [7, 11) is 0. The van der Waals surface area contributed by atoms with Gasteiger partial charge in [0.2, 0.25) is 0 Å². The van der Waals surface area contributed by atoms with Gasteiger partial charge in [0, 0.05) is 25.9 Å². The lowest BCUT2D eigenvalue weighted by Crippen LogP contribution is -2.28. The number of ether oxygens (including phenoxy) is 2. The number of carbonyl (C=O) groups is 1. The Labute approximate surface area is 114 Å². The van der Waals surface area contributed by atoms with Crippen molar-refractivity contribution in [2.75, 3.05) is 13.2 Å². The molecule has 0 unspecified atom stereocenters. The molecule has 0 heterocycles. The molecule has 0 aliphatic carbocycles. The third-order valence-corrected chi connectivity index (χ3v) is 2.90. The van der Waals surface area contributed by atoms with Crippen LogP contribution in [0.5, 0.6) is 0 Å². The highest BCUT2D eigenvalue weighted by atomic mass is 16.5. The van der Waals surface area contributed by atoms with Crippen molar-refractivity contribution in [1.82, 2.24) is 0 Å². The summed E-state index contributed by atoms with van der Waals surface area (Å²) in [5.41, 5.74) is 1.11. The number of esters is 1. The normalized spacial score (nSPS) is 13.8. The third kappa shape index (κ3) is 6.36. The van der Waals surface area contributed by atoms with Gasteiger partial charge in [0.25, 0.3) is 0 Å². The monoisotopic (exact) mass is 266 g/mol. The topological polar surface area (TPSA) is 55.8 Å². The zero-order valence-corrected chi connectivity index (χ0v) is 11.5. The van der Waals surface area contributed by atoms with Crippen molar-refractivity contribution in [2.24, 2.45) is 5.92 Å². The molecule has 0 aromatic heterocycles. The molecule has 1 N–H and O–H groups in total. The quantitative estimate of drug-likeness (QED) is 0.578. The van der Waals surface area contributed by atoms with Crippen LogP contribution in [0.15, 0.2) is 30.3 Å². The number of benzene rings is 1. The Bertz CT molecular complexity index is 364. The first-order valence-electron chi connectivity index (χ1n) is 6.53. The van der Waals surface area contributed by atoms with Gasteiger partial charge in [-0.25, -0.2) is 0 Å². The smallest absolute Gasteiger partial charge is 0.302 e. The predicted molar refractivity (Wildman–Crippen MR) is 72.5 cm³/mol. The van der Waals surface area contributed by atoms with E-state index in [1.807, 2.05) is 37.3 Å². The molecular weight excluding hydrogens is 244 g/mol. The molecule has 0 spiro atoms. The zero-order valence-electron chi connectivity index (χ0n) is 11.5. The highest BCUT2D eigenvalue weighted by molar-refractivity contribution is 5.66. The minimum Gasteiger partial charge on any atom is -0.462 e. The van der Waals surface area contributed by atoms with Crippen LogP contribution in [0.3, 0.4) is 0 Å². The Hall–Kier alpha value is -1.39. The van der Waals surface area contributed by atoms with Crippen LogP contribution in [0, 0.1) is 5.92 Å². The van der Waals surface area contributed by atoms with Crippen LogP contribution >= 0.6 is 0 Å². The molecule has 19 heavy (non-hydrogen) atoms. The number of aliphatic hydroxyl groups is 1. The molecule has 0 fully saturated rings. The fourth-order valence-corrected chi connectivity index (χ4v) is 1.75. The summed E-state index contributed by atoms with van der Waals surface area (Å²) in [4.78, 5) is 11.0. The molecule has 0 saturated heterocycles. The summed E-state index contributed by atoms with van der Waals surface area (Å²) < 4.78 is 10.7. The molecule has 0 aliphatic rings. The Morgan fingerprint density at radius 3 is 2.58 bits per heavy atom. The number of hydrogen-bond acceptors (Lipinski definition) is 4. The van der Waals surface area contributed by atoms with E-state index in [1.54, 1.807) is 0 Å². The summed E-state index contributed by atoms with van der Waals surface area (Å²) in [6.07, 6.45) is 0.298. The molecule has 0 radical (unpaired) electrons. The van der Waals surface area contributed by atoms with E-state index >= 15 is 0 Å². The summed E-state index contributed by atoms with van der Waals surface area (Å²) >= 11 is 0. The van der Waals surface area contributed by atoms with E-state index in [0.717, 1.165) is 5.56 Å². The van der Waals surface area contributed by atoms with E-state index in [4.69, 9.17) is 14.6 Å². The van der Waals surface area contributed by atoms with Crippen LogP contribution in [0.4, 0.5) is 0 Å². The van der Waals surface area contributed by atoms with Gasteiger partial charge >= 0.3 is 5.97 Å². The van der Waals surface area contributed by atoms with E-state index < -0.39 is 0 Å². The number of aliphatic hydroxyl groups excluding tert-OH is 1. The molecule has 4 nitrogen and oxygen atoms in total. The lowest BCUT2D eigenvalue weighted by molar-refractivity contribution is -0.150. The SMILES string of the molecule is CC(=O)O[C@@H](CCOCc1ccccc1)[C@H](C)CO. The first-order valence-corrected chi connectivity index (χ1v) is 6.53. The van der Waals surface area contributed by atoms with Crippen molar-refractivity contribution >= 4 is 5.97 Å². The first-order chi connectivity index (χ1) is 9.13. The van der Waals surface area contributed by atoms with Gasteiger partial charge in [-0.3, -0.25) is 4.79 Å². The summed E-state index contributed by atoms with van der Waals surface area (Å²) in [6, 6.07) is 9.89. The molecule has 0 saturated carbocycles. The van der Waals surface area contributed by atoms with E-state index in [9.17, 15) is 4.79 Å². The van der Waals surface area contributed by atoms with E-state index in [1.165, 1.54) is 6.92 Å². The zero-order chi connectivity index (χ0) is 14.1. The Balaban J connectivity index is 2.29. The molecule has 1 rings (SSSR count). The van der Waals surface area contributed by atoms with Gasteiger partial charge in [-0.2, -0.15) is 0 Å². The van der Waals surface area contributed by atoms with Crippen molar-refractivity contribution in [3.05, 3.63) is 35.9 Å². The van der Waals surface area contributed by atoms with Gasteiger partial charge in [-0.05, 0) is 5.56 Å². The van der Waals surface area contributed by atoms with Crippen LogP contribution in [0.25, 0.3) is 0 Å². The fourth-order valence-electron chi connectivity index (χ4n) is 1.75. The molecule has 1 aromatic carbocycles. The van der Waals surface area contributed by atoms with Gasteiger partial charge in [-0.1, -0.05) is 37.3 Å². The molecule has 106 valence electrons. The van der Waals surface area contributed by atoms with E-state index in [0.29, 0.717) is 19.6 Å². The van der Waals surface area contributed by atoms with Crippen LogP contribution in [-0.2, 0) is 20.9 Å². The van der Waals surface area contributed by atoms with Crippen LogP contribution < -0.4 is 0 Å². The first kappa shape index (κ1) is 15.7. The highest BCUT2D eigenvalue weighted by Crippen LogP contribution is 2.12. The summed E-state index contributed by atoms with van der Waals surface area (Å²) in [5, 5.41) is 9.12. The van der Waals surface area contributed by atoms with E-state index in [-0.39, 0.29) is 24.6 Å². The predicted octanol–water partition coefficient (Wildman–Crippen LogP) is 2.15. The minimum absolute atomic E-state index is 0.00334. The molecule has 2 atom stereocenters. The van der Waals surface area contributed by atoms with Gasteiger partial charge in [-0.15, -0.1) is 0 Å². The van der Waals surface area contributed by atoms with Crippen molar-refractivity contribution in [1.29, 1.82) is 0 Å². The van der Waals surface area contributed by atoms with Gasteiger partial charge in [0.05, 0.1) is 13.2 Å². The van der Waals surface area contributed by atoms with Gasteiger partial charge in [0.15, 0.2) is 0 Å². The molecule has 4 heteroatoms. The molecule has 0 aliphatic heterocycles. The second-order valence-corrected chi connectivity index (χ2v) is 4.63. The maximum atomic E-state index is 11.0. The van der Waals surface area contributed by atoms with Crippen LogP contribution in [0.1, 0.15) is 25.8 Å². The van der Waals surface area contributed by atoms with E-state index in [2.05, 4.69) is 0 Å². The van der Waals surface area contributed by atoms with Crippen LogP contribution in [0.2, 0.25) is 0 Å². The lowest BCUT2D eigenvalue weighted by atomic mass is 10.0. The van der Waals surface area contributed by atoms with Crippen molar-refractivity contribution in [3.63, 3.8) is 0 Å². The van der Waals surface area contributed by atoms with Crippen molar-refractivity contribution in [3.8, 4) is 0 Å². The lowest BCUT2D eigenvalue weighted by Gasteiger charge is -2.22. The number of rotatable bonds is 8. The molecular formula is C15H22O4. The average molecular weight is 266 g/mol. The third-order valence-electron chi connectivity index (χ3n) is 2.90. The van der Waals surface area contributed by atoms with Gasteiger partial charge < -0.3 is 14.6 Å². The standard InChI is InChI=1S/C15H22O4/c1-12(10-16)15(19-13(2)17)8-9-18-11-14-6-4-3-5-7-14/h3-7,12,15-16H,8-11H2,1-2H3/t12-,15+/m1/s1. The van der Waals surface area contributed by atoms with Crippen molar-refractivity contribution < 1.29 is 19.4 Å². The number of hydrogen-bond donors (Lipinski definition) is 1. The highest BCUT2D eigenvalue weighted by Gasteiger charge is 2.19. The minimum atomic E-state index is -0.326. The Kier molecular flexibility index (Phi) is 7.15. The molecule has 0 bridgehead atoms. The summed E-state index contributed by atoms with van der Waals surface area (Å²) in [6.45, 7) is 4.27. The maximum absolute atomic E-state index is 11.0. The van der Waals surface area contributed by atoms with Crippen molar-refractivity contribution in [2.45, 2.75) is 33.0 Å². The van der Waals surface area contributed by atoms with Gasteiger partial charge in [0.1, 0.15) is 6.10 Å². The molecule has 1 aromatic rings. The fraction of sp³-hybridized carbons (Fsp3) is 0.533. The second-order valence-electron chi connectivity index (χ2n) is 4.63. The van der Waals surface area contributed by atoms with Crippen LogP contribution in [-0.4, -0.2) is 30.4 Å². The second kappa shape index (κ2) is 8.67. The Morgan fingerprint density at radius 1 is 1.32 bits per heavy atom. The maximum Gasteiger partial charge on any atom is 0.302 e. The summed E-state index contributed by atoms with van der Waals surface area (Å²) in [5.74, 6) is -0.405.